The molecule has 1 aromatic rings. The number of rotatable bonds is 4. The molecule has 2 amide bonds. The zero-order valence-electron chi connectivity index (χ0n) is 13.3. The lowest BCUT2D eigenvalue weighted by molar-refractivity contribution is 0.0529. The van der Waals surface area contributed by atoms with Crippen LogP contribution in [0.15, 0.2) is 18.3 Å². The molecular formula is C15H24N6O2. The number of morpholine rings is 1. The van der Waals surface area contributed by atoms with Gasteiger partial charge in [-0.3, -0.25) is 10.9 Å². The number of carbonyl (C=O) groups excluding carboxylic acids is 1. The molecule has 0 spiro atoms. The van der Waals surface area contributed by atoms with Crippen molar-refractivity contribution in [3.63, 3.8) is 0 Å². The highest BCUT2D eigenvalue weighted by Crippen LogP contribution is 2.15. The third-order valence-corrected chi connectivity index (χ3v) is 3.98. The van der Waals surface area contributed by atoms with Crippen LogP contribution in [0.25, 0.3) is 0 Å². The summed E-state index contributed by atoms with van der Waals surface area (Å²) in [5.41, 5.74) is 6.93. The maximum atomic E-state index is 11.8. The van der Waals surface area contributed by atoms with Crippen LogP contribution in [0.4, 0.5) is 10.6 Å². The number of nitrogens with one attached hydrogen (secondary N) is 4. The van der Waals surface area contributed by atoms with E-state index in [9.17, 15) is 4.79 Å². The normalized spacial score (nSPS) is 22.1. The van der Waals surface area contributed by atoms with E-state index in [2.05, 4.69) is 38.3 Å². The molecule has 1 unspecified atom stereocenters. The summed E-state index contributed by atoms with van der Waals surface area (Å²) in [6.45, 7) is 6.46. The van der Waals surface area contributed by atoms with Crippen molar-refractivity contribution in [3.05, 3.63) is 23.9 Å². The van der Waals surface area contributed by atoms with Crippen molar-refractivity contribution in [2.24, 2.45) is 0 Å². The van der Waals surface area contributed by atoms with Crippen molar-refractivity contribution < 1.29 is 9.53 Å². The van der Waals surface area contributed by atoms with Crippen LogP contribution in [-0.4, -0.2) is 55.9 Å². The summed E-state index contributed by atoms with van der Waals surface area (Å²) in [4.78, 5) is 18.5. The van der Waals surface area contributed by atoms with Crippen LogP contribution < -0.4 is 26.4 Å². The van der Waals surface area contributed by atoms with Crippen molar-refractivity contribution in [2.75, 3.05) is 37.7 Å². The van der Waals surface area contributed by atoms with Gasteiger partial charge in [0.1, 0.15) is 5.82 Å². The lowest BCUT2D eigenvalue weighted by Crippen LogP contribution is -2.44. The van der Waals surface area contributed by atoms with Crippen LogP contribution in [-0.2, 0) is 11.3 Å². The number of ether oxygens (including phenoxy) is 1. The number of urea groups is 1. The lowest BCUT2D eigenvalue weighted by Gasteiger charge is -2.32. The van der Waals surface area contributed by atoms with Gasteiger partial charge in [-0.2, -0.15) is 0 Å². The van der Waals surface area contributed by atoms with E-state index in [0.29, 0.717) is 6.54 Å². The van der Waals surface area contributed by atoms with E-state index in [0.717, 1.165) is 44.2 Å². The molecule has 3 rings (SSSR count). The average Bonchev–Trinajstić information content (AvgIpc) is 3.06. The molecular weight excluding hydrogens is 296 g/mol. The molecule has 23 heavy (non-hydrogen) atoms. The van der Waals surface area contributed by atoms with Gasteiger partial charge in [-0.05, 0) is 18.6 Å². The molecule has 0 saturated carbocycles. The summed E-state index contributed by atoms with van der Waals surface area (Å²) in [5, 5.41) is 5.75. The van der Waals surface area contributed by atoms with Gasteiger partial charge in [0, 0.05) is 38.9 Å². The van der Waals surface area contributed by atoms with Crippen LogP contribution in [0, 0.1) is 0 Å². The third-order valence-electron chi connectivity index (χ3n) is 3.98. The molecule has 4 N–H and O–H groups in total. The Kier molecular flexibility index (Phi) is 5.27. The fourth-order valence-corrected chi connectivity index (χ4v) is 2.72. The van der Waals surface area contributed by atoms with Gasteiger partial charge in [0.05, 0.1) is 18.8 Å². The summed E-state index contributed by atoms with van der Waals surface area (Å²) < 4.78 is 5.54. The second-order valence-corrected chi connectivity index (χ2v) is 5.94. The summed E-state index contributed by atoms with van der Waals surface area (Å²) >= 11 is 0. The van der Waals surface area contributed by atoms with Gasteiger partial charge in [0.25, 0.3) is 0 Å². The SMILES string of the molecule is CC1CN(c2ccc(CNC(=O)NC3CNNC3)cn2)CCO1. The monoisotopic (exact) mass is 320 g/mol. The molecule has 0 radical (unpaired) electrons. The molecule has 0 aromatic carbocycles. The molecule has 2 saturated heterocycles. The van der Waals surface area contributed by atoms with Crippen LogP contribution in [0.1, 0.15) is 12.5 Å². The zero-order valence-corrected chi connectivity index (χ0v) is 13.3. The second kappa shape index (κ2) is 7.58. The van der Waals surface area contributed by atoms with Gasteiger partial charge in [-0.15, -0.1) is 0 Å². The highest BCUT2D eigenvalue weighted by molar-refractivity contribution is 5.74. The first-order valence-corrected chi connectivity index (χ1v) is 8.02. The van der Waals surface area contributed by atoms with E-state index in [4.69, 9.17) is 4.74 Å². The van der Waals surface area contributed by atoms with E-state index >= 15 is 0 Å². The maximum Gasteiger partial charge on any atom is 0.315 e. The Morgan fingerprint density at radius 3 is 2.96 bits per heavy atom. The average molecular weight is 320 g/mol. The molecule has 1 aromatic heterocycles. The molecule has 8 heteroatoms. The molecule has 2 aliphatic rings. The fraction of sp³-hybridized carbons (Fsp3) is 0.600. The van der Waals surface area contributed by atoms with Crippen LogP contribution in [0.3, 0.4) is 0 Å². The van der Waals surface area contributed by atoms with E-state index in [1.807, 2.05) is 18.3 Å². The standard InChI is InChI=1S/C15H24N6O2/c1-11-10-21(4-5-23-11)14-3-2-12(6-16-14)7-17-15(22)20-13-8-18-19-9-13/h2-3,6,11,13,18-19H,4-5,7-10H2,1H3,(H2,17,20,22). The Morgan fingerprint density at radius 2 is 2.26 bits per heavy atom. The topological polar surface area (TPSA) is 90.6 Å². The lowest BCUT2D eigenvalue weighted by atomic mass is 10.2. The molecule has 1 atom stereocenters. The van der Waals surface area contributed by atoms with Crippen molar-refractivity contribution >= 4 is 11.8 Å². The minimum atomic E-state index is -0.161. The van der Waals surface area contributed by atoms with Gasteiger partial charge in [-0.25, -0.2) is 9.78 Å². The highest BCUT2D eigenvalue weighted by Gasteiger charge is 2.18. The molecule has 8 nitrogen and oxygen atoms in total. The van der Waals surface area contributed by atoms with Crippen molar-refractivity contribution in [3.8, 4) is 0 Å². The Balaban J connectivity index is 1.46. The first-order valence-electron chi connectivity index (χ1n) is 8.02. The smallest absolute Gasteiger partial charge is 0.315 e. The number of amides is 2. The number of pyridine rings is 1. The minimum Gasteiger partial charge on any atom is -0.375 e. The van der Waals surface area contributed by atoms with Crippen LogP contribution >= 0.6 is 0 Å². The Morgan fingerprint density at radius 1 is 1.43 bits per heavy atom. The molecule has 2 fully saturated rings. The zero-order chi connectivity index (χ0) is 16.1. The number of hydrazine groups is 1. The van der Waals surface area contributed by atoms with Crippen LogP contribution in [0.2, 0.25) is 0 Å². The number of carbonyl (C=O) groups is 1. The number of nitrogens with zero attached hydrogens (tertiary/aromatic N) is 2. The number of aromatic nitrogens is 1. The fourth-order valence-electron chi connectivity index (χ4n) is 2.72. The van der Waals surface area contributed by atoms with Gasteiger partial charge in [0.15, 0.2) is 0 Å². The summed E-state index contributed by atoms with van der Waals surface area (Å²) in [6.07, 6.45) is 2.05. The maximum absolute atomic E-state index is 11.8. The third kappa shape index (κ3) is 4.54. The van der Waals surface area contributed by atoms with Gasteiger partial charge in [0.2, 0.25) is 0 Å². The van der Waals surface area contributed by atoms with Gasteiger partial charge >= 0.3 is 6.03 Å². The Hall–Kier alpha value is -1.90. The molecule has 0 bridgehead atoms. The first-order chi connectivity index (χ1) is 11.2. The van der Waals surface area contributed by atoms with Gasteiger partial charge < -0.3 is 20.3 Å². The predicted molar refractivity (Wildman–Crippen MR) is 87.0 cm³/mol. The second-order valence-electron chi connectivity index (χ2n) is 5.94. The van der Waals surface area contributed by atoms with E-state index in [-0.39, 0.29) is 18.2 Å². The number of anilines is 1. The Labute approximate surface area is 135 Å². The number of hydrogen-bond acceptors (Lipinski definition) is 6. The summed E-state index contributed by atoms with van der Waals surface area (Å²) in [5.74, 6) is 0.955. The molecule has 126 valence electrons. The minimum absolute atomic E-state index is 0.124. The molecule has 0 aliphatic carbocycles. The van der Waals surface area contributed by atoms with E-state index in [1.54, 1.807) is 0 Å². The highest BCUT2D eigenvalue weighted by atomic mass is 16.5. The Bertz CT molecular complexity index is 517. The van der Waals surface area contributed by atoms with E-state index in [1.165, 1.54) is 0 Å². The quantitative estimate of drug-likeness (QED) is 0.603. The largest absolute Gasteiger partial charge is 0.375 e. The first kappa shape index (κ1) is 16.0. The molecule has 3 heterocycles. The van der Waals surface area contributed by atoms with Crippen molar-refractivity contribution in [1.82, 2.24) is 26.5 Å². The van der Waals surface area contributed by atoms with Crippen molar-refractivity contribution in [2.45, 2.75) is 25.6 Å². The van der Waals surface area contributed by atoms with E-state index < -0.39 is 0 Å². The van der Waals surface area contributed by atoms with Crippen LogP contribution in [0.5, 0.6) is 0 Å². The van der Waals surface area contributed by atoms with Gasteiger partial charge in [-0.1, -0.05) is 6.07 Å². The molecule has 2 aliphatic heterocycles. The predicted octanol–water partition coefficient (Wildman–Crippen LogP) is -0.418. The number of hydrogen-bond donors (Lipinski definition) is 4. The van der Waals surface area contributed by atoms with Crippen molar-refractivity contribution in [1.29, 1.82) is 0 Å². The summed E-state index contributed by atoms with van der Waals surface area (Å²) in [7, 11) is 0. The summed E-state index contributed by atoms with van der Waals surface area (Å²) in [6, 6.07) is 3.96.